The molecule has 1 saturated heterocycles. The third kappa shape index (κ3) is 3.45. The number of rotatable bonds is 6. The summed E-state index contributed by atoms with van der Waals surface area (Å²) in [4.78, 5) is 10.9. The summed E-state index contributed by atoms with van der Waals surface area (Å²) >= 11 is 0. The first-order valence-electron chi connectivity index (χ1n) is 6.42. The van der Waals surface area contributed by atoms with Gasteiger partial charge in [-0.15, -0.1) is 0 Å². The largest absolute Gasteiger partial charge is 0.456 e. The number of benzene rings is 1. The summed E-state index contributed by atoms with van der Waals surface area (Å²) in [6.07, 6.45) is -0.646. The van der Waals surface area contributed by atoms with Crippen molar-refractivity contribution in [2.45, 2.75) is 24.9 Å². The second kappa shape index (κ2) is 6.17. The Hall–Kier alpha value is -1.69. The van der Waals surface area contributed by atoms with Crippen molar-refractivity contribution in [3.8, 4) is 0 Å². The Labute approximate surface area is 116 Å². The Bertz CT molecular complexity index is 479. The van der Waals surface area contributed by atoms with Crippen molar-refractivity contribution in [3.63, 3.8) is 0 Å². The molecule has 0 aromatic heterocycles. The number of hydrogen-bond acceptors (Lipinski definition) is 4. The highest BCUT2D eigenvalue weighted by atomic mass is 19.3. The molecule has 1 unspecified atom stereocenters. The van der Waals surface area contributed by atoms with Gasteiger partial charge in [-0.05, 0) is 18.1 Å². The molecule has 0 spiro atoms. The number of hydrogen-bond donors (Lipinski definition) is 1. The van der Waals surface area contributed by atoms with Gasteiger partial charge in [-0.25, -0.2) is 4.79 Å². The second-order valence-electron chi connectivity index (χ2n) is 4.72. The molecule has 1 aliphatic heterocycles. The Kier molecular flexibility index (Phi) is 4.54. The van der Waals surface area contributed by atoms with Gasteiger partial charge < -0.3 is 14.8 Å². The fourth-order valence-corrected chi connectivity index (χ4v) is 2.11. The summed E-state index contributed by atoms with van der Waals surface area (Å²) in [6.45, 7) is 0.751. The van der Waals surface area contributed by atoms with Gasteiger partial charge in [-0.1, -0.05) is 18.2 Å². The van der Waals surface area contributed by atoms with E-state index in [4.69, 9.17) is 4.74 Å². The molecule has 20 heavy (non-hydrogen) atoms. The molecule has 1 aromatic rings. The molecule has 1 heterocycles. The number of halogens is 2. The van der Waals surface area contributed by atoms with Crippen molar-refractivity contribution in [2.75, 3.05) is 25.6 Å². The maximum atomic E-state index is 13.0. The molecule has 1 fully saturated rings. The standard InChI is InChI=1S/C14H17F2NO3/c1-19-7-6-10-4-2-3-5-12(10)17-9-11-8-14(15,16)13(18)20-11/h2-5,11,17H,6-9H2,1H3. The van der Waals surface area contributed by atoms with Crippen LogP contribution in [-0.4, -0.2) is 38.3 Å². The molecule has 0 aliphatic carbocycles. The van der Waals surface area contributed by atoms with Gasteiger partial charge in [0.1, 0.15) is 6.10 Å². The molecule has 1 aromatic carbocycles. The molecule has 0 bridgehead atoms. The Morgan fingerprint density at radius 3 is 2.85 bits per heavy atom. The lowest BCUT2D eigenvalue weighted by Crippen LogP contribution is -2.22. The minimum Gasteiger partial charge on any atom is -0.456 e. The molecule has 0 saturated carbocycles. The monoisotopic (exact) mass is 285 g/mol. The van der Waals surface area contributed by atoms with Gasteiger partial charge in [0.05, 0.1) is 19.6 Å². The number of para-hydroxylation sites is 1. The summed E-state index contributed by atoms with van der Waals surface area (Å²) in [5.41, 5.74) is 1.88. The fourth-order valence-electron chi connectivity index (χ4n) is 2.11. The predicted molar refractivity (Wildman–Crippen MR) is 70.0 cm³/mol. The number of cyclic esters (lactones) is 1. The summed E-state index contributed by atoms with van der Waals surface area (Å²) in [5.74, 6) is -4.79. The summed E-state index contributed by atoms with van der Waals surface area (Å²) in [5, 5.41) is 3.06. The van der Waals surface area contributed by atoms with E-state index in [-0.39, 0.29) is 6.54 Å². The van der Waals surface area contributed by atoms with Crippen LogP contribution in [0.3, 0.4) is 0 Å². The highest BCUT2D eigenvalue weighted by molar-refractivity contribution is 5.79. The third-order valence-electron chi connectivity index (χ3n) is 3.17. The zero-order valence-electron chi connectivity index (χ0n) is 11.2. The number of esters is 1. The molecular weight excluding hydrogens is 268 g/mol. The van der Waals surface area contributed by atoms with Crippen molar-refractivity contribution in [3.05, 3.63) is 29.8 Å². The topological polar surface area (TPSA) is 47.6 Å². The van der Waals surface area contributed by atoms with E-state index in [1.54, 1.807) is 7.11 Å². The van der Waals surface area contributed by atoms with Crippen molar-refractivity contribution in [1.29, 1.82) is 0 Å². The van der Waals surface area contributed by atoms with E-state index < -0.39 is 24.4 Å². The number of ether oxygens (including phenoxy) is 2. The number of methoxy groups -OCH3 is 1. The van der Waals surface area contributed by atoms with Crippen LogP contribution in [0.4, 0.5) is 14.5 Å². The van der Waals surface area contributed by atoms with E-state index in [0.29, 0.717) is 6.61 Å². The van der Waals surface area contributed by atoms with Crippen molar-refractivity contribution < 1.29 is 23.0 Å². The van der Waals surface area contributed by atoms with Gasteiger partial charge in [0.15, 0.2) is 0 Å². The minimum absolute atomic E-state index is 0.172. The maximum absolute atomic E-state index is 13.0. The van der Waals surface area contributed by atoms with E-state index in [1.807, 2.05) is 24.3 Å². The highest BCUT2D eigenvalue weighted by Gasteiger charge is 2.50. The SMILES string of the molecule is COCCc1ccccc1NCC1CC(F)(F)C(=O)O1. The van der Waals surface area contributed by atoms with Gasteiger partial charge in [0.25, 0.3) is 0 Å². The summed E-state index contributed by atoms with van der Waals surface area (Å²) in [6, 6.07) is 7.56. The van der Waals surface area contributed by atoms with Crippen LogP contribution in [-0.2, 0) is 20.7 Å². The van der Waals surface area contributed by atoms with E-state index >= 15 is 0 Å². The van der Waals surface area contributed by atoms with Crippen molar-refractivity contribution in [2.24, 2.45) is 0 Å². The fraction of sp³-hybridized carbons (Fsp3) is 0.500. The van der Waals surface area contributed by atoms with Crippen LogP contribution in [0.15, 0.2) is 24.3 Å². The van der Waals surface area contributed by atoms with Crippen molar-refractivity contribution >= 4 is 11.7 Å². The number of carbonyl (C=O) groups excluding carboxylic acids is 1. The normalized spacial score (nSPS) is 20.8. The Morgan fingerprint density at radius 1 is 1.45 bits per heavy atom. The molecule has 2 rings (SSSR count). The first kappa shape index (κ1) is 14.7. The van der Waals surface area contributed by atoms with E-state index in [2.05, 4.69) is 10.1 Å². The van der Waals surface area contributed by atoms with E-state index in [9.17, 15) is 13.6 Å². The lowest BCUT2D eigenvalue weighted by Gasteiger charge is -2.14. The molecule has 0 radical (unpaired) electrons. The zero-order valence-corrected chi connectivity index (χ0v) is 11.2. The molecule has 6 heteroatoms. The highest BCUT2D eigenvalue weighted by Crippen LogP contribution is 2.31. The Balaban J connectivity index is 1.93. The molecule has 4 nitrogen and oxygen atoms in total. The number of anilines is 1. The quantitative estimate of drug-likeness (QED) is 0.814. The summed E-state index contributed by atoms with van der Waals surface area (Å²) in [7, 11) is 1.62. The number of nitrogens with one attached hydrogen (secondary N) is 1. The van der Waals surface area contributed by atoms with Gasteiger partial charge in [0.2, 0.25) is 0 Å². The first-order valence-corrected chi connectivity index (χ1v) is 6.42. The average Bonchev–Trinajstić information content (AvgIpc) is 2.68. The van der Waals surface area contributed by atoms with Crippen LogP contribution in [0.5, 0.6) is 0 Å². The molecule has 1 aliphatic rings. The second-order valence-corrected chi connectivity index (χ2v) is 4.72. The Morgan fingerprint density at radius 2 is 2.20 bits per heavy atom. The smallest absolute Gasteiger partial charge is 0.377 e. The summed E-state index contributed by atoms with van der Waals surface area (Å²) < 4.78 is 35.7. The third-order valence-corrected chi connectivity index (χ3v) is 3.17. The van der Waals surface area contributed by atoms with Gasteiger partial charge in [-0.2, -0.15) is 8.78 Å². The minimum atomic E-state index is -3.36. The average molecular weight is 285 g/mol. The van der Waals surface area contributed by atoms with Gasteiger partial charge >= 0.3 is 11.9 Å². The maximum Gasteiger partial charge on any atom is 0.377 e. The lowest BCUT2D eigenvalue weighted by atomic mass is 10.1. The lowest BCUT2D eigenvalue weighted by molar-refractivity contribution is -0.158. The van der Waals surface area contributed by atoms with Crippen LogP contribution in [0.1, 0.15) is 12.0 Å². The van der Waals surface area contributed by atoms with Crippen LogP contribution in [0, 0.1) is 0 Å². The molecule has 1 atom stereocenters. The molecular formula is C14H17F2NO3. The van der Waals surface area contributed by atoms with Gasteiger partial charge in [0, 0.05) is 12.8 Å². The van der Waals surface area contributed by atoms with Crippen LogP contribution < -0.4 is 5.32 Å². The molecule has 0 amide bonds. The van der Waals surface area contributed by atoms with E-state index in [0.717, 1.165) is 17.7 Å². The molecule has 110 valence electrons. The van der Waals surface area contributed by atoms with Crippen LogP contribution >= 0.6 is 0 Å². The van der Waals surface area contributed by atoms with Crippen molar-refractivity contribution in [1.82, 2.24) is 0 Å². The predicted octanol–water partition coefficient (Wildman–Crippen LogP) is 2.24. The van der Waals surface area contributed by atoms with Crippen LogP contribution in [0.25, 0.3) is 0 Å². The van der Waals surface area contributed by atoms with Gasteiger partial charge in [-0.3, -0.25) is 0 Å². The van der Waals surface area contributed by atoms with E-state index in [1.165, 1.54) is 0 Å². The zero-order chi connectivity index (χ0) is 14.6. The number of alkyl halides is 2. The number of carbonyl (C=O) groups is 1. The van der Waals surface area contributed by atoms with Crippen LogP contribution in [0.2, 0.25) is 0 Å². The molecule has 1 N–H and O–H groups in total. The first-order chi connectivity index (χ1) is 9.53.